The summed E-state index contributed by atoms with van der Waals surface area (Å²) in [5.74, 6) is 0.708. The van der Waals surface area contributed by atoms with Crippen LogP contribution in [0.2, 0.25) is 0 Å². The molecule has 94 valence electrons. The van der Waals surface area contributed by atoms with Gasteiger partial charge in [-0.1, -0.05) is 0 Å². The molecular weight excluding hydrogens is 220 g/mol. The second-order valence-corrected chi connectivity index (χ2v) is 4.09. The molecule has 2 heterocycles. The summed E-state index contributed by atoms with van der Waals surface area (Å²) in [5.41, 5.74) is 0. The third kappa shape index (κ3) is 4.12. The molecule has 7 nitrogen and oxygen atoms in total. The second kappa shape index (κ2) is 6.31. The molecule has 1 fully saturated rings. The third-order valence-corrected chi connectivity index (χ3v) is 2.72. The van der Waals surface area contributed by atoms with E-state index in [0.717, 1.165) is 32.6 Å². The average molecular weight is 238 g/mol. The number of amides is 1. The van der Waals surface area contributed by atoms with Crippen molar-refractivity contribution in [1.82, 2.24) is 30.7 Å². The van der Waals surface area contributed by atoms with Crippen LogP contribution in [-0.2, 0) is 11.3 Å². The third-order valence-electron chi connectivity index (χ3n) is 2.72. The van der Waals surface area contributed by atoms with E-state index in [-0.39, 0.29) is 5.91 Å². The van der Waals surface area contributed by atoms with Gasteiger partial charge in [0.1, 0.15) is 12.2 Å². The van der Waals surface area contributed by atoms with Crippen LogP contribution in [0, 0.1) is 0 Å². The van der Waals surface area contributed by atoms with Crippen molar-refractivity contribution in [3.8, 4) is 0 Å². The Labute approximate surface area is 100.0 Å². The Morgan fingerprint density at radius 2 is 2.41 bits per heavy atom. The van der Waals surface area contributed by atoms with Crippen LogP contribution in [0.1, 0.15) is 12.2 Å². The predicted molar refractivity (Wildman–Crippen MR) is 62.2 cm³/mol. The van der Waals surface area contributed by atoms with E-state index < -0.39 is 0 Å². The number of hydrogen-bond donors (Lipinski definition) is 3. The van der Waals surface area contributed by atoms with Crippen LogP contribution < -0.4 is 10.6 Å². The summed E-state index contributed by atoms with van der Waals surface area (Å²) in [6.07, 6.45) is 2.53. The molecule has 0 unspecified atom stereocenters. The van der Waals surface area contributed by atoms with Crippen molar-refractivity contribution in [2.75, 3.05) is 32.7 Å². The van der Waals surface area contributed by atoms with Crippen molar-refractivity contribution < 1.29 is 4.79 Å². The standard InChI is InChI=1S/C10H18N6O/c17-10(12-6-9-13-8-14-15-9)7-16-4-1-2-11-3-5-16/h8,11H,1-7H2,(H,12,17)(H,13,14,15). The molecule has 3 N–H and O–H groups in total. The van der Waals surface area contributed by atoms with E-state index in [0.29, 0.717) is 18.9 Å². The lowest BCUT2D eigenvalue weighted by Crippen LogP contribution is -2.38. The van der Waals surface area contributed by atoms with E-state index >= 15 is 0 Å². The number of carbonyl (C=O) groups is 1. The van der Waals surface area contributed by atoms with Gasteiger partial charge in [0.25, 0.3) is 0 Å². The first-order valence-corrected chi connectivity index (χ1v) is 5.88. The van der Waals surface area contributed by atoms with Crippen molar-refractivity contribution in [2.45, 2.75) is 13.0 Å². The van der Waals surface area contributed by atoms with Gasteiger partial charge in [-0.25, -0.2) is 4.98 Å². The largest absolute Gasteiger partial charge is 0.348 e. The van der Waals surface area contributed by atoms with Crippen molar-refractivity contribution in [3.05, 3.63) is 12.2 Å². The maximum atomic E-state index is 11.7. The van der Waals surface area contributed by atoms with Crippen molar-refractivity contribution >= 4 is 5.91 Å². The summed E-state index contributed by atoms with van der Waals surface area (Å²) in [4.78, 5) is 17.8. The quantitative estimate of drug-likeness (QED) is 0.608. The molecule has 1 aliphatic rings. The number of aromatic amines is 1. The minimum atomic E-state index is 0.0308. The van der Waals surface area contributed by atoms with Gasteiger partial charge in [-0.05, 0) is 19.5 Å². The molecule has 0 saturated carbocycles. The number of nitrogens with one attached hydrogen (secondary N) is 3. The zero-order chi connectivity index (χ0) is 11.9. The fourth-order valence-corrected chi connectivity index (χ4v) is 1.82. The highest BCUT2D eigenvalue weighted by Gasteiger charge is 2.12. The van der Waals surface area contributed by atoms with Crippen molar-refractivity contribution in [3.63, 3.8) is 0 Å². The number of nitrogens with zero attached hydrogens (tertiary/aromatic N) is 3. The fraction of sp³-hybridized carbons (Fsp3) is 0.700. The maximum absolute atomic E-state index is 11.7. The molecule has 0 aromatic carbocycles. The molecule has 2 rings (SSSR count). The van der Waals surface area contributed by atoms with Gasteiger partial charge in [0, 0.05) is 13.1 Å². The molecule has 0 atom stereocenters. The smallest absolute Gasteiger partial charge is 0.234 e. The van der Waals surface area contributed by atoms with Crippen LogP contribution in [0.3, 0.4) is 0 Å². The molecule has 1 aliphatic heterocycles. The summed E-state index contributed by atoms with van der Waals surface area (Å²) in [7, 11) is 0. The van der Waals surface area contributed by atoms with E-state index in [1.165, 1.54) is 6.33 Å². The Kier molecular flexibility index (Phi) is 4.45. The van der Waals surface area contributed by atoms with E-state index in [2.05, 4.69) is 30.7 Å². The molecule has 17 heavy (non-hydrogen) atoms. The van der Waals surface area contributed by atoms with Gasteiger partial charge < -0.3 is 10.6 Å². The van der Waals surface area contributed by atoms with Gasteiger partial charge in [0.15, 0.2) is 0 Å². The summed E-state index contributed by atoms with van der Waals surface area (Å²) in [5, 5.41) is 12.6. The number of rotatable bonds is 4. The van der Waals surface area contributed by atoms with E-state index in [9.17, 15) is 4.79 Å². The maximum Gasteiger partial charge on any atom is 0.234 e. The topological polar surface area (TPSA) is 85.9 Å². The first-order chi connectivity index (χ1) is 8.34. The zero-order valence-electron chi connectivity index (χ0n) is 9.78. The highest BCUT2D eigenvalue weighted by Crippen LogP contribution is 1.94. The monoisotopic (exact) mass is 238 g/mol. The Morgan fingerprint density at radius 1 is 1.47 bits per heavy atom. The molecule has 0 spiro atoms. The van der Waals surface area contributed by atoms with Gasteiger partial charge in [-0.2, -0.15) is 5.10 Å². The lowest BCUT2D eigenvalue weighted by atomic mass is 10.4. The number of H-pyrrole nitrogens is 1. The van der Waals surface area contributed by atoms with Crippen LogP contribution in [0.15, 0.2) is 6.33 Å². The molecule has 1 aromatic heterocycles. The summed E-state index contributed by atoms with van der Waals surface area (Å²) in [6, 6.07) is 0. The Balaban J connectivity index is 1.69. The minimum Gasteiger partial charge on any atom is -0.348 e. The lowest BCUT2D eigenvalue weighted by molar-refractivity contribution is -0.122. The van der Waals surface area contributed by atoms with Gasteiger partial charge in [0.05, 0.1) is 13.1 Å². The van der Waals surface area contributed by atoms with Crippen LogP contribution in [-0.4, -0.2) is 58.7 Å². The van der Waals surface area contributed by atoms with E-state index in [4.69, 9.17) is 0 Å². The van der Waals surface area contributed by atoms with Gasteiger partial charge in [-0.3, -0.25) is 14.8 Å². The van der Waals surface area contributed by atoms with Crippen LogP contribution >= 0.6 is 0 Å². The summed E-state index contributed by atoms with van der Waals surface area (Å²) >= 11 is 0. The molecule has 0 radical (unpaired) electrons. The summed E-state index contributed by atoms with van der Waals surface area (Å²) in [6.45, 7) is 4.75. The number of carbonyl (C=O) groups excluding carboxylic acids is 1. The highest BCUT2D eigenvalue weighted by atomic mass is 16.2. The van der Waals surface area contributed by atoms with Crippen molar-refractivity contribution in [2.24, 2.45) is 0 Å². The summed E-state index contributed by atoms with van der Waals surface area (Å²) < 4.78 is 0. The minimum absolute atomic E-state index is 0.0308. The molecule has 1 aromatic rings. The van der Waals surface area contributed by atoms with Crippen LogP contribution in [0.25, 0.3) is 0 Å². The molecule has 1 saturated heterocycles. The molecule has 7 heteroatoms. The van der Waals surface area contributed by atoms with Crippen molar-refractivity contribution in [1.29, 1.82) is 0 Å². The Bertz CT molecular complexity index is 331. The van der Waals surface area contributed by atoms with Crippen LogP contribution in [0.5, 0.6) is 0 Å². The molecule has 0 bridgehead atoms. The SMILES string of the molecule is O=C(CN1CCCNCC1)NCc1ncn[nH]1. The zero-order valence-corrected chi connectivity index (χ0v) is 9.78. The molecule has 1 amide bonds. The van der Waals surface area contributed by atoms with Crippen LogP contribution in [0.4, 0.5) is 0 Å². The second-order valence-electron chi connectivity index (χ2n) is 4.09. The number of hydrogen-bond acceptors (Lipinski definition) is 5. The van der Waals surface area contributed by atoms with Gasteiger partial charge >= 0.3 is 0 Å². The highest BCUT2D eigenvalue weighted by molar-refractivity contribution is 5.77. The predicted octanol–water partition coefficient (Wildman–Crippen LogP) is -1.28. The Morgan fingerprint density at radius 3 is 3.24 bits per heavy atom. The Hall–Kier alpha value is -1.47. The van der Waals surface area contributed by atoms with Gasteiger partial charge in [0.2, 0.25) is 5.91 Å². The van der Waals surface area contributed by atoms with Gasteiger partial charge in [-0.15, -0.1) is 0 Å². The fourth-order valence-electron chi connectivity index (χ4n) is 1.82. The normalized spacial score (nSPS) is 17.6. The lowest BCUT2D eigenvalue weighted by Gasteiger charge is -2.18. The number of aromatic nitrogens is 3. The first-order valence-electron chi connectivity index (χ1n) is 5.88. The molecule has 0 aliphatic carbocycles. The average Bonchev–Trinajstić information content (AvgIpc) is 2.72. The first kappa shape index (κ1) is 12.0. The van der Waals surface area contributed by atoms with E-state index in [1.807, 2.05) is 0 Å². The van der Waals surface area contributed by atoms with E-state index in [1.54, 1.807) is 0 Å². The molecular formula is C10H18N6O.